The van der Waals surface area contributed by atoms with Crippen molar-refractivity contribution in [3.8, 4) is 89.0 Å². The molecule has 18 rings (SSSR count). The Labute approximate surface area is 624 Å². The van der Waals surface area contributed by atoms with Gasteiger partial charge in [-0.15, -0.1) is 0 Å². The number of benzene rings is 16. The molecule has 2 aromatic heterocycles. The topological polar surface area (TPSA) is 9.86 Å². The summed E-state index contributed by atoms with van der Waals surface area (Å²) in [4.78, 5) is 0. The summed E-state index contributed by atoms with van der Waals surface area (Å²) in [6.07, 6.45) is 0. The van der Waals surface area contributed by atoms with Crippen LogP contribution in [0.5, 0.6) is 0 Å². The maximum absolute atomic E-state index is 2.46. The Bertz CT molecular complexity index is 6320. The molecule has 2 heterocycles. The van der Waals surface area contributed by atoms with Crippen molar-refractivity contribution in [3.63, 3.8) is 0 Å². The first-order valence-corrected chi connectivity index (χ1v) is 38.0. The molecule has 18 aromatic rings. The van der Waals surface area contributed by atoms with Gasteiger partial charge in [-0.1, -0.05) is 329 Å². The highest BCUT2D eigenvalue weighted by Crippen LogP contribution is 2.49. The second kappa shape index (κ2) is 26.7. The normalized spacial score (nSPS) is 12.2. The lowest BCUT2D eigenvalue weighted by molar-refractivity contribution is 0.590. The molecule has 0 radical (unpaired) electrons. The molecule has 0 unspecified atom stereocenters. The third-order valence-corrected chi connectivity index (χ3v) is 22.5. The molecule has 0 bridgehead atoms. The highest BCUT2D eigenvalue weighted by atomic mass is 15.0. The molecule has 0 saturated carbocycles. The Hall–Kier alpha value is -11.8. The molecule has 0 spiro atoms. The summed E-state index contributed by atoms with van der Waals surface area (Å²) in [5, 5.41) is 15.6. The van der Waals surface area contributed by atoms with Gasteiger partial charge in [-0.25, -0.2) is 0 Å². The van der Waals surface area contributed by atoms with Crippen molar-refractivity contribution in [2.24, 2.45) is 0 Å². The minimum absolute atomic E-state index is 0.0345. The number of nitrogens with zero attached hydrogens (tertiary/aromatic N) is 2. The standard InChI is InChI=1S/C56H45N.C48H45N/c1-5-57-52-33-31-44(35-50(52)51-36-45(56(2,3)4)32-34-53(51)57)41-25-29-43(30-26-41)55-48-17-11-9-15-46(48)54(47-16-10-12-18-49(47)55)42-27-23-40(24-28-42)39-21-19-38(20-22-39)37-13-7-6-8-14-37;1-8-49-43-17-13-12-16-37(43)40-28-34(22-27-44(40)49)31-18-20-33(21-19-31)46-39-26-24-35(47(2,3)4)29-41(39)45(32-14-10-9-11-15-32)38-25-23-36(30-42(38)46)48(5,6)7/h6-36H,5H2,1-4H3;9-30H,8H2,1-7H3. The number of para-hydroxylation sites is 1. The van der Waals surface area contributed by atoms with E-state index in [-0.39, 0.29) is 16.2 Å². The lowest BCUT2D eigenvalue weighted by Crippen LogP contribution is -2.11. The highest BCUT2D eigenvalue weighted by Gasteiger charge is 2.25. The minimum atomic E-state index is 0.0345. The largest absolute Gasteiger partial charge is 0.341 e. The van der Waals surface area contributed by atoms with E-state index in [0.29, 0.717) is 0 Å². The maximum atomic E-state index is 2.46. The van der Waals surface area contributed by atoms with E-state index in [4.69, 9.17) is 0 Å². The van der Waals surface area contributed by atoms with Crippen molar-refractivity contribution in [3.05, 3.63) is 338 Å². The number of hydrogen-bond acceptors (Lipinski definition) is 0. The first kappa shape index (κ1) is 67.3. The van der Waals surface area contributed by atoms with Crippen molar-refractivity contribution in [2.75, 3.05) is 0 Å². The van der Waals surface area contributed by atoms with E-state index in [2.05, 4.69) is 407 Å². The lowest BCUT2D eigenvalue weighted by Gasteiger charge is -2.25. The van der Waals surface area contributed by atoms with Crippen molar-refractivity contribution in [1.82, 2.24) is 9.13 Å². The first-order valence-electron chi connectivity index (χ1n) is 38.0. The number of aromatic nitrogens is 2. The fourth-order valence-corrected chi connectivity index (χ4v) is 16.8. The van der Waals surface area contributed by atoms with Crippen LogP contribution in [0.15, 0.2) is 322 Å². The van der Waals surface area contributed by atoms with Crippen LogP contribution in [0.4, 0.5) is 0 Å². The SMILES string of the molecule is CCn1c2ccc(-c3ccc(-c4c5ccccc5c(-c5ccc(-c6ccc(-c7ccccc7)cc6)cc5)c5ccccc45)cc3)cc2c2cc(C(C)(C)C)ccc21.CCn1c2ccccc2c2cc(-c3ccc(-c4c5ccc(C(C)(C)C)cc5c(-c5ccccc5)c5ccc(C(C)(C)C)cc45)cc3)ccc21. The van der Waals surface area contributed by atoms with Gasteiger partial charge < -0.3 is 9.13 Å². The molecule has 0 aliphatic rings. The predicted molar refractivity (Wildman–Crippen MR) is 460 cm³/mol. The van der Waals surface area contributed by atoms with E-state index in [1.165, 1.54) is 192 Å². The molecular weight excluding hydrogens is 1280 g/mol. The van der Waals surface area contributed by atoms with Gasteiger partial charge in [0.15, 0.2) is 0 Å². The van der Waals surface area contributed by atoms with Crippen molar-refractivity contribution in [2.45, 2.75) is 105 Å². The summed E-state index contributed by atoms with van der Waals surface area (Å²) >= 11 is 0. The first-order chi connectivity index (χ1) is 51.4. The molecule has 516 valence electrons. The van der Waals surface area contributed by atoms with Gasteiger partial charge in [-0.05, 0) is 233 Å². The summed E-state index contributed by atoms with van der Waals surface area (Å²) in [6.45, 7) is 27.1. The smallest absolute Gasteiger partial charge is 0.0491 e. The molecule has 0 fully saturated rings. The van der Waals surface area contributed by atoms with Gasteiger partial charge in [0.25, 0.3) is 0 Å². The minimum Gasteiger partial charge on any atom is -0.341 e. The Morgan fingerprint density at radius 1 is 0.179 bits per heavy atom. The molecular formula is C104H90N2. The number of rotatable bonds is 10. The van der Waals surface area contributed by atoms with E-state index in [9.17, 15) is 0 Å². The van der Waals surface area contributed by atoms with Gasteiger partial charge in [0.2, 0.25) is 0 Å². The van der Waals surface area contributed by atoms with Crippen LogP contribution in [0.1, 0.15) is 92.9 Å². The average Bonchev–Trinajstić information content (AvgIpc) is 1.40. The summed E-state index contributed by atoms with van der Waals surface area (Å²) in [5.41, 5.74) is 29.4. The Balaban J connectivity index is 0.000000158. The second-order valence-electron chi connectivity index (χ2n) is 32.1. The highest BCUT2D eigenvalue weighted by molar-refractivity contribution is 6.23. The van der Waals surface area contributed by atoms with Crippen LogP contribution in [0, 0.1) is 0 Å². The summed E-state index contributed by atoms with van der Waals surface area (Å²) < 4.78 is 4.87. The van der Waals surface area contributed by atoms with Crippen LogP contribution in [-0.2, 0) is 29.3 Å². The van der Waals surface area contributed by atoms with Crippen LogP contribution in [0.3, 0.4) is 0 Å². The zero-order chi connectivity index (χ0) is 72.8. The molecule has 0 N–H and O–H groups in total. The molecule has 0 atom stereocenters. The summed E-state index contributed by atoms with van der Waals surface area (Å²) in [7, 11) is 0. The van der Waals surface area contributed by atoms with Gasteiger partial charge in [0.05, 0.1) is 0 Å². The zero-order valence-electron chi connectivity index (χ0n) is 62.9. The zero-order valence-corrected chi connectivity index (χ0v) is 62.9. The fourth-order valence-electron chi connectivity index (χ4n) is 16.8. The Morgan fingerprint density at radius 2 is 0.406 bits per heavy atom. The third-order valence-electron chi connectivity index (χ3n) is 22.5. The van der Waals surface area contributed by atoms with Crippen molar-refractivity contribution in [1.29, 1.82) is 0 Å². The van der Waals surface area contributed by atoms with Gasteiger partial charge >= 0.3 is 0 Å². The molecule has 0 aliphatic carbocycles. The van der Waals surface area contributed by atoms with Crippen LogP contribution >= 0.6 is 0 Å². The average molecular weight is 1370 g/mol. The lowest BCUT2D eigenvalue weighted by atomic mass is 9.79. The molecule has 16 aromatic carbocycles. The predicted octanol–water partition coefficient (Wildman–Crippen LogP) is 29.5. The van der Waals surface area contributed by atoms with Crippen LogP contribution in [0.25, 0.3) is 176 Å². The van der Waals surface area contributed by atoms with E-state index >= 15 is 0 Å². The van der Waals surface area contributed by atoms with Crippen LogP contribution < -0.4 is 0 Å². The number of fused-ring (bicyclic) bond motifs is 10. The van der Waals surface area contributed by atoms with E-state index in [1.807, 2.05) is 0 Å². The summed E-state index contributed by atoms with van der Waals surface area (Å²) in [5.74, 6) is 0. The van der Waals surface area contributed by atoms with Gasteiger partial charge in [0.1, 0.15) is 0 Å². The second-order valence-corrected chi connectivity index (χ2v) is 32.1. The van der Waals surface area contributed by atoms with Gasteiger partial charge in [0, 0.05) is 56.7 Å². The number of aryl methyl sites for hydroxylation is 2. The van der Waals surface area contributed by atoms with E-state index in [1.54, 1.807) is 0 Å². The fraction of sp³-hybridized carbons (Fsp3) is 0.154. The molecule has 0 saturated heterocycles. The van der Waals surface area contributed by atoms with Crippen molar-refractivity contribution < 1.29 is 0 Å². The molecule has 0 aliphatic heterocycles. The molecule has 0 amide bonds. The van der Waals surface area contributed by atoms with Gasteiger partial charge in [-0.2, -0.15) is 0 Å². The Kier molecular flexibility index (Phi) is 17.0. The van der Waals surface area contributed by atoms with Crippen LogP contribution in [0.2, 0.25) is 0 Å². The Morgan fingerprint density at radius 3 is 0.774 bits per heavy atom. The third kappa shape index (κ3) is 12.0. The molecule has 2 heteroatoms. The summed E-state index contributed by atoms with van der Waals surface area (Å²) in [6, 6.07) is 120. The monoisotopic (exact) mass is 1370 g/mol. The quantitative estimate of drug-likeness (QED) is 0.121. The van der Waals surface area contributed by atoms with E-state index < -0.39 is 0 Å². The van der Waals surface area contributed by atoms with Crippen LogP contribution in [-0.4, -0.2) is 9.13 Å². The van der Waals surface area contributed by atoms with E-state index in [0.717, 1.165) is 13.1 Å². The molecule has 2 nitrogen and oxygen atoms in total. The van der Waals surface area contributed by atoms with Crippen molar-refractivity contribution >= 4 is 86.7 Å². The van der Waals surface area contributed by atoms with Gasteiger partial charge in [-0.3, -0.25) is 0 Å². The number of hydrogen-bond donors (Lipinski definition) is 0. The molecule has 106 heavy (non-hydrogen) atoms. The maximum Gasteiger partial charge on any atom is 0.0491 e.